The van der Waals surface area contributed by atoms with Gasteiger partial charge in [0.2, 0.25) is 0 Å². The summed E-state index contributed by atoms with van der Waals surface area (Å²) < 4.78 is 0. The van der Waals surface area contributed by atoms with Crippen molar-refractivity contribution in [1.82, 2.24) is 4.98 Å². The third kappa shape index (κ3) is 2.71. The van der Waals surface area contributed by atoms with E-state index < -0.39 is 16.6 Å². The van der Waals surface area contributed by atoms with Crippen molar-refractivity contribution in [1.29, 1.82) is 0 Å². The number of carboxylic acid groups (broad SMARTS) is 1. The molecule has 0 aromatic carbocycles. The molecule has 2 rings (SSSR count). The lowest BCUT2D eigenvalue weighted by molar-refractivity contribution is -0.385. The first-order chi connectivity index (χ1) is 9.40. The van der Waals surface area contributed by atoms with Crippen molar-refractivity contribution in [2.24, 2.45) is 11.8 Å². The van der Waals surface area contributed by atoms with E-state index in [1.165, 1.54) is 6.07 Å². The van der Waals surface area contributed by atoms with Crippen molar-refractivity contribution in [3.05, 3.63) is 27.9 Å². The summed E-state index contributed by atoms with van der Waals surface area (Å²) in [5.41, 5.74) is -0.831. The SMILES string of the molecule is CC1CCC(Nc2cc(C(=O)O)c([N+](=O)[O-])cn2)C1C. The van der Waals surface area contributed by atoms with Crippen LogP contribution in [0.3, 0.4) is 0 Å². The predicted molar refractivity (Wildman–Crippen MR) is 72.8 cm³/mol. The average molecular weight is 279 g/mol. The first-order valence-electron chi connectivity index (χ1n) is 6.54. The number of anilines is 1. The number of nitrogens with zero attached hydrogens (tertiary/aromatic N) is 2. The minimum absolute atomic E-state index is 0.223. The predicted octanol–water partition coefficient (Wildman–Crippen LogP) is 2.53. The van der Waals surface area contributed by atoms with E-state index in [4.69, 9.17) is 5.11 Å². The number of hydrogen-bond donors (Lipinski definition) is 2. The number of carbonyl (C=O) groups is 1. The van der Waals surface area contributed by atoms with Crippen LogP contribution in [-0.2, 0) is 0 Å². The van der Waals surface area contributed by atoms with Gasteiger partial charge in [0, 0.05) is 12.1 Å². The summed E-state index contributed by atoms with van der Waals surface area (Å²) in [6, 6.07) is 1.46. The normalized spacial score (nSPS) is 25.4. The van der Waals surface area contributed by atoms with Crippen LogP contribution < -0.4 is 5.32 Å². The van der Waals surface area contributed by atoms with Gasteiger partial charge in [-0.25, -0.2) is 9.78 Å². The van der Waals surface area contributed by atoms with Crippen LogP contribution in [-0.4, -0.2) is 27.0 Å². The van der Waals surface area contributed by atoms with E-state index in [1.54, 1.807) is 0 Å². The van der Waals surface area contributed by atoms with Gasteiger partial charge in [0.1, 0.15) is 17.6 Å². The van der Waals surface area contributed by atoms with E-state index in [2.05, 4.69) is 24.1 Å². The molecular weight excluding hydrogens is 262 g/mol. The van der Waals surface area contributed by atoms with E-state index in [0.717, 1.165) is 19.0 Å². The van der Waals surface area contributed by atoms with Crippen molar-refractivity contribution in [2.45, 2.75) is 32.7 Å². The number of aromatic carboxylic acids is 1. The Morgan fingerprint density at radius 3 is 2.70 bits per heavy atom. The molecule has 1 aliphatic rings. The maximum atomic E-state index is 11.1. The van der Waals surface area contributed by atoms with Crippen LogP contribution in [0, 0.1) is 22.0 Å². The molecular formula is C13H17N3O4. The summed E-state index contributed by atoms with van der Waals surface area (Å²) in [4.78, 5) is 25.0. The van der Waals surface area contributed by atoms with Crippen LogP contribution in [0.15, 0.2) is 12.3 Å². The molecule has 0 saturated heterocycles. The minimum Gasteiger partial charge on any atom is -0.477 e. The number of pyridine rings is 1. The van der Waals surface area contributed by atoms with Crippen LogP contribution in [0.5, 0.6) is 0 Å². The van der Waals surface area contributed by atoms with Gasteiger partial charge in [-0.3, -0.25) is 10.1 Å². The van der Waals surface area contributed by atoms with Crippen LogP contribution in [0.4, 0.5) is 11.5 Å². The van der Waals surface area contributed by atoms with Crippen LogP contribution >= 0.6 is 0 Å². The third-order valence-electron chi connectivity index (χ3n) is 4.11. The highest BCUT2D eigenvalue weighted by Crippen LogP contribution is 2.33. The minimum atomic E-state index is -1.32. The fourth-order valence-corrected chi connectivity index (χ4v) is 2.60. The van der Waals surface area contributed by atoms with Crippen molar-refractivity contribution in [2.75, 3.05) is 5.32 Å². The Kier molecular flexibility index (Phi) is 3.87. The van der Waals surface area contributed by atoms with Crippen molar-refractivity contribution >= 4 is 17.5 Å². The lowest BCUT2D eigenvalue weighted by Crippen LogP contribution is -2.24. The Hall–Kier alpha value is -2.18. The molecule has 0 amide bonds. The first kappa shape index (κ1) is 14.2. The quantitative estimate of drug-likeness (QED) is 0.648. The Balaban J connectivity index is 2.24. The van der Waals surface area contributed by atoms with E-state index >= 15 is 0 Å². The smallest absolute Gasteiger partial charge is 0.342 e. The number of carboxylic acids is 1. The molecule has 3 atom stereocenters. The molecule has 1 fully saturated rings. The van der Waals surface area contributed by atoms with E-state index in [0.29, 0.717) is 17.7 Å². The number of nitrogens with one attached hydrogen (secondary N) is 1. The lowest BCUT2D eigenvalue weighted by atomic mass is 9.98. The summed E-state index contributed by atoms with van der Waals surface area (Å²) >= 11 is 0. The van der Waals surface area contributed by atoms with Crippen LogP contribution in [0.1, 0.15) is 37.0 Å². The zero-order valence-electron chi connectivity index (χ0n) is 11.4. The van der Waals surface area contributed by atoms with Crippen molar-refractivity contribution < 1.29 is 14.8 Å². The molecule has 7 heteroatoms. The summed E-state index contributed by atoms with van der Waals surface area (Å²) in [7, 11) is 0. The molecule has 3 unspecified atom stereocenters. The fourth-order valence-electron chi connectivity index (χ4n) is 2.60. The van der Waals surface area contributed by atoms with Gasteiger partial charge in [-0.1, -0.05) is 13.8 Å². The Labute approximate surface area is 116 Å². The van der Waals surface area contributed by atoms with Gasteiger partial charge >= 0.3 is 11.7 Å². The Morgan fingerprint density at radius 2 is 2.20 bits per heavy atom. The zero-order valence-corrected chi connectivity index (χ0v) is 11.4. The zero-order chi connectivity index (χ0) is 14.9. The lowest BCUT2D eigenvalue weighted by Gasteiger charge is -2.20. The first-order valence-corrected chi connectivity index (χ1v) is 6.54. The second-order valence-corrected chi connectivity index (χ2v) is 5.31. The van der Waals surface area contributed by atoms with Crippen molar-refractivity contribution in [3.63, 3.8) is 0 Å². The number of rotatable bonds is 4. The monoisotopic (exact) mass is 279 g/mol. The molecule has 0 aliphatic heterocycles. The maximum Gasteiger partial charge on any atom is 0.342 e. The van der Waals surface area contributed by atoms with Gasteiger partial charge in [-0.2, -0.15) is 0 Å². The molecule has 0 bridgehead atoms. The molecule has 108 valence electrons. The molecule has 0 spiro atoms. The standard InChI is InChI=1S/C13H17N3O4/c1-7-3-4-10(8(7)2)15-12-5-9(13(17)18)11(6-14-12)16(19)20/h5-8,10H,3-4H2,1-2H3,(H,14,15)(H,17,18). The topological polar surface area (TPSA) is 105 Å². The van der Waals surface area contributed by atoms with Gasteiger partial charge in [0.05, 0.1) is 4.92 Å². The molecule has 2 N–H and O–H groups in total. The average Bonchev–Trinajstić information content (AvgIpc) is 2.70. The second-order valence-electron chi connectivity index (χ2n) is 5.31. The Bertz CT molecular complexity index is 546. The molecule has 0 radical (unpaired) electrons. The van der Waals surface area contributed by atoms with E-state index in [-0.39, 0.29) is 11.6 Å². The largest absolute Gasteiger partial charge is 0.477 e. The number of nitro groups is 1. The maximum absolute atomic E-state index is 11.1. The molecule has 1 aromatic rings. The number of hydrogen-bond acceptors (Lipinski definition) is 5. The van der Waals surface area contributed by atoms with Gasteiger partial charge < -0.3 is 10.4 Å². The van der Waals surface area contributed by atoms with Gasteiger partial charge in [0.25, 0.3) is 0 Å². The van der Waals surface area contributed by atoms with Crippen LogP contribution in [0.2, 0.25) is 0 Å². The molecule has 7 nitrogen and oxygen atoms in total. The van der Waals surface area contributed by atoms with Gasteiger partial charge in [-0.05, 0) is 24.7 Å². The highest BCUT2D eigenvalue weighted by atomic mass is 16.6. The summed E-state index contributed by atoms with van der Waals surface area (Å²) in [6.07, 6.45) is 3.09. The third-order valence-corrected chi connectivity index (χ3v) is 4.11. The molecule has 1 aromatic heterocycles. The van der Waals surface area contributed by atoms with Crippen LogP contribution in [0.25, 0.3) is 0 Å². The fraction of sp³-hybridized carbons (Fsp3) is 0.538. The number of aromatic nitrogens is 1. The van der Waals surface area contributed by atoms with E-state index in [1.807, 2.05) is 0 Å². The van der Waals surface area contributed by atoms with Gasteiger partial charge in [0.15, 0.2) is 0 Å². The van der Waals surface area contributed by atoms with Crippen molar-refractivity contribution in [3.8, 4) is 0 Å². The summed E-state index contributed by atoms with van der Waals surface area (Å²) in [6.45, 7) is 4.32. The van der Waals surface area contributed by atoms with Gasteiger partial charge in [-0.15, -0.1) is 0 Å². The molecule has 1 saturated carbocycles. The van der Waals surface area contributed by atoms with E-state index in [9.17, 15) is 14.9 Å². The highest BCUT2D eigenvalue weighted by Gasteiger charge is 2.30. The molecule has 1 heterocycles. The molecule has 20 heavy (non-hydrogen) atoms. The highest BCUT2D eigenvalue weighted by molar-refractivity contribution is 5.93. The Morgan fingerprint density at radius 1 is 1.50 bits per heavy atom. The molecule has 1 aliphatic carbocycles. The summed E-state index contributed by atoms with van der Waals surface area (Å²) in [5.74, 6) is 0.110. The summed E-state index contributed by atoms with van der Waals surface area (Å²) in [5, 5.41) is 23.0. The second kappa shape index (κ2) is 5.44.